The van der Waals surface area contributed by atoms with Crippen molar-refractivity contribution in [2.45, 2.75) is 44.8 Å². The van der Waals surface area contributed by atoms with Gasteiger partial charge in [-0.1, -0.05) is 6.07 Å². The largest absolute Gasteiger partial charge is 0.314 e. The molecule has 4 rings (SSSR count). The van der Waals surface area contributed by atoms with E-state index in [2.05, 4.69) is 34.7 Å². The number of hydrogen-bond acceptors (Lipinski definition) is 7. The molecule has 0 saturated carbocycles. The number of nitrogens with zero attached hydrogens (tertiary/aromatic N) is 2. The van der Waals surface area contributed by atoms with Gasteiger partial charge in [-0.15, -0.1) is 0 Å². The molecule has 0 aromatic heterocycles. The fraction of sp³-hybridized carbons (Fsp3) is 0.545. The first kappa shape index (κ1) is 21.6. The SMILES string of the molecule is CC(C)(CN1CCNCC1)NCc1ccc2c(c1)C(=O)N(C1CCC(=O)NC1=O)C2=O. The van der Waals surface area contributed by atoms with E-state index in [1.54, 1.807) is 12.1 Å². The van der Waals surface area contributed by atoms with E-state index in [1.807, 2.05) is 6.07 Å². The van der Waals surface area contributed by atoms with Gasteiger partial charge in [-0.2, -0.15) is 0 Å². The summed E-state index contributed by atoms with van der Waals surface area (Å²) in [6.45, 7) is 9.84. The molecule has 1 aromatic rings. The number of carbonyl (C=O) groups is 4. The van der Waals surface area contributed by atoms with Crippen LogP contribution in [0.3, 0.4) is 0 Å². The average Bonchev–Trinajstić information content (AvgIpc) is 2.97. The first-order valence-corrected chi connectivity index (χ1v) is 10.8. The maximum absolute atomic E-state index is 13.0. The normalized spacial score (nSPS) is 22.6. The summed E-state index contributed by atoms with van der Waals surface area (Å²) < 4.78 is 0. The molecule has 9 nitrogen and oxygen atoms in total. The molecule has 0 radical (unpaired) electrons. The maximum Gasteiger partial charge on any atom is 0.262 e. The fourth-order valence-electron chi connectivity index (χ4n) is 4.45. The third kappa shape index (κ3) is 4.53. The van der Waals surface area contributed by atoms with Gasteiger partial charge < -0.3 is 10.6 Å². The second-order valence-corrected chi connectivity index (χ2v) is 9.09. The van der Waals surface area contributed by atoms with Crippen LogP contribution < -0.4 is 16.0 Å². The van der Waals surface area contributed by atoms with Crippen molar-refractivity contribution < 1.29 is 19.2 Å². The lowest BCUT2D eigenvalue weighted by atomic mass is 10.0. The average molecular weight is 428 g/mol. The molecular formula is C22H29N5O4. The molecule has 2 saturated heterocycles. The first-order chi connectivity index (χ1) is 14.7. The molecule has 3 N–H and O–H groups in total. The molecule has 3 aliphatic rings. The van der Waals surface area contributed by atoms with Crippen LogP contribution in [0.2, 0.25) is 0 Å². The Morgan fingerprint density at radius 3 is 2.48 bits per heavy atom. The highest BCUT2D eigenvalue weighted by Crippen LogP contribution is 2.28. The molecule has 3 heterocycles. The second kappa shape index (κ2) is 8.49. The van der Waals surface area contributed by atoms with Gasteiger partial charge in [-0.05, 0) is 38.0 Å². The monoisotopic (exact) mass is 427 g/mol. The summed E-state index contributed by atoms with van der Waals surface area (Å²) in [6.07, 6.45) is 0.270. The number of fused-ring (bicyclic) bond motifs is 1. The Balaban J connectivity index is 1.43. The molecule has 0 bridgehead atoms. The third-order valence-electron chi connectivity index (χ3n) is 6.10. The number of piperazine rings is 1. The lowest BCUT2D eigenvalue weighted by Crippen LogP contribution is -2.54. The standard InChI is InChI=1S/C22H29N5O4/c1-22(2,13-26-9-7-23-8-10-26)24-12-14-3-4-15-16(11-14)21(31)27(20(15)30)17-5-6-18(28)25-19(17)29/h3-4,11,17,23-24H,5-10,12-13H2,1-2H3,(H,25,28,29). The van der Waals surface area contributed by atoms with Crippen LogP contribution in [0.25, 0.3) is 0 Å². The Hall–Kier alpha value is -2.62. The third-order valence-corrected chi connectivity index (χ3v) is 6.10. The molecule has 2 fully saturated rings. The molecule has 31 heavy (non-hydrogen) atoms. The van der Waals surface area contributed by atoms with Crippen LogP contribution in [0.4, 0.5) is 0 Å². The van der Waals surface area contributed by atoms with Gasteiger partial charge >= 0.3 is 0 Å². The summed E-state index contributed by atoms with van der Waals surface area (Å²) in [4.78, 5) is 52.8. The molecule has 0 spiro atoms. The van der Waals surface area contributed by atoms with Crippen molar-refractivity contribution in [1.82, 2.24) is 25.8 Å². The molecule has 4 amide bonds. The number of nitrogens with one attached hydrogen (secondary N) is 3. The van der Waals surface area contributed by atoms with Gasteiger partial charge in [0.25, 0.3) is 11.8 Å². The zero-order chi connectivity index (χ0) is 22.2. The number of carbonyl (C=O) groups excluding carboxylic acids is 4. The maximum atomic E-state index is 13.0. The highest BCUT2D eigenvalue weighted by Gasteiger charge is 2.44. The van der Waals surface area contributed by atoms with Crippen LogP contribution in [0.1, 0.15) is 53.0 Å². The Labute approximate surface area is 181 Å². The summed E-state index contributed by atoms with van der Waals surface area (Å²) in [6, 6.07) is 4.29. The minimum Gasteiger partial charge on any atom is -0.314 e. The van der Waals surface area contributed by atoms with E-state index < -0.39 is 23.8 Å². The van der Waals surface area contributed by atoms with E-state index in [9.17, 15) is 19.2 Å². The van der Waals surface area contributed by atoms with Crippen molar-refractivity contribution in [3.63, 3.8) is 0 Å². The Morgan fingerprint density at radius 1 is 1.06 bits per heavy atom. The highest BCUT2D eigenvalue weighted by atomic mass is 16.2. The molecule has 1 unspecified atom stereocenters. The smallest absolute Gasteiger partial charge is 0.262 e. The summed E-state index contributed by atoms with van der Waals surface area (Å²) in [5.74, 6) is -1.93. The lowest BCUT2D eigenvalue weighted by molar-refractivity contribution is -0.136. The van der Waals surface area contributed by atoms with Crippen LogP contribution in [0.15, 0.2) is 18.2 Å². The van der Waals surface area contributed by atoms with Crippen molar-refractivity contribution in [3.05, 3.63) is 34.9 Å². The fourth-order valence-corrected chi connectivity index (χ4v) is 4.45. The molecule has 3 aliphatic heterocycles. The number of imide groups is 2. The van der Waals surface area contributed by atoms with Gasteiger partial charge in [-0.25, -0.2) is 0 Å². The topological polar surface area (TPSA) is 111 Å². The van der Waals surface area contributed by atoms with E-state index >= 15 is 0 Å². The quantitative estimate of drug-likeness (QED) is 0.542. The van der Waals surface area contributed by atoms with Crippen LogP contribution >= 0.6 is 0 Å². The predicted molar refractivity (Wildman–Crippen MR) is 113 cm³/mol. The zero-order valence-electron chi connectivity index (χ0n) is 18.0. The van der Waals surface area contributed by atoms with Gasteiger partial charge in [0, 0.05) is 51.2 Å². The van der Waals surface area contributed by atoms with E-state index in [0.29, 0.717) is 17.7 Å². The van der Waals surface area contributed by atoms with Gasteiger partial charge in [0.05, 0.1) is 11.1 Å². The van der Waals surface area contributed by atoms with Crippen molar-refractivity contribution in [2.75, 3.05) is 32.7 Å². The Bertz CT molecular complexity index is 922. The van der Waals surface area contributed by atoms with Crippen LogP contribution in [-0.2, 0) is 16.1 Å². The highest BCUT2D eigenvalue weighted by molar-refractivity contribution is 6.23. The molecule has 166 valence electrons. The second-order valence-electron chi connectivity index (χ2n) is 9.09. The number of piperidine rings is 1. The van der Waals surface area contributed by atoms with Crippen molar-refractivity contribution >= 4 is 23.6 Å². The van der Waals surface area contributed by atoms with Gasteiger partial charge in [-0.3, -0.25) is 34.3 Å². The lowest BCUT2D eigenvalue weighted by Gasteiger charge is -2.36. The number of rotatable bonds is 6. The minimum absolute atomic E-state index is 0.112. The molecular weight excluding hydrogens is 398 g/mol. The van der Waals surface area contributed by atoms with Crippen molar-refractivity contribution in [2.24, 2.45) is 0 Å². The van der Waals surface area contributed by atoms with Gasteiger partial charge in [0.15, 0.2) is 0 Å². The molecule has 0 aliphatic carbocycles. The summed E-state index contributed by atoms with van der Waals surface area (Å²) >= 11 is 0. The summed E-state index contributed by atoms with van der Waals surface area (Å²) in [5.41, 5.74) is 1.40. The predicted octanol–water partition coefficient (Wildman–Crippen LogP) is -0.139. The van der Waals surface area contributed by atoms with Crippen LogP contribution in [-0.4, -0.2) is 77.7 Å². The number of amides is 4. The van der Waals surface area contributed by atoms with E-state index in [1.165, 1.54) is 0 Å². The molecule has 1 aromatic carbocycles. The molecule has 9 heteroatoms. The summed E-state index contributed by atoms with van der Waals surface area (Å²) in [7, 11) is 0. The number of benzene rings is 1. The van der Waals surface area contributed by atoms with Gasteiger partial charge in [0.1, 0.15) is 6.04 Å². The van der Waals surface area contributed by atoms with E-state index in [0.717, 1.165) is 43.2 Å². The van der Waals surface area contributed by atoms with Crippen molar-refractivity contribution in [3.8, 4) is 0 Å². The van der Waals surface area contributed by atoms with E-state index in [4.69, 9.17) is 0 Å². The zero-order valence-corrected chi connectivity index (χ0v) is 18.0. The van der Waals surface area contributed by atoms with E-state index in [-0.39, 0.29) is 24.3 Å². The van der Waals surface area contributed by atoms with Gasteiger partial charge in [0.2, 0.25) is 11.8 Å². The Kier molecular flexibility index (Phi) is 5.92. The Morgan fingerprint density at radius 2 is 1.77 bits per heavy atom. The molecule has 1 atom stereocenters. The number of hydrogen-bond donors (Lipinski definition) is 3. The van der Waals surface area contributed by atoms with Crippen LogP contribution in [0, 0.1) is 0 Å². The first-order valence-electron chi connectivity index (χ1n) is 10.8. The van der Waals surface area contributed by atoms with Crippen molar-refractivity contribution in [1.29, 1.82) is 0 Å². The minimum atomic E-state index is -0.940. The summed E-state index contributed by atoms with van der Waals surface area (Å²) in [5, 5.41) is 9.12. The van der Waals surface area contributed by atoms with Crippen LogP contribution in [0.5, 0.6) is 0 Å².